The van der Waals surface area contributed by atoms with Crippen LogP contribution in [0.2, 0.25) is 0 Å². The van der Waals surface area contributed by atoms with Gasteiger partial charge in [-0.15, -0.1) is 0 Å². The fourth-order valence-electron chi connectivity index (χ4n) is 1.27. The number of carbonyl (C=O) groups is 2. The summed E-state index contributed by atoms with van der Waals surface area (Å²) in [5, 5.41) is 3.61. The van der Waals surface area contributed by atoms with Crippen molar-refractivity contribution in [2.45, 2.75) is 39.2 Å². The molecule has 0 aliphatic carbocycles. The zero-order chi connectivity index (χ0) is 11.3. The van der Waals surface area contributed by atoms with E-state index in [1.54, 1.807) is 13.8 Å². The Kier molecular flexibility index (Phi) is 4.27. The van der Waals surface area contributed by atoms with Crippen LogP contribution in [0.15, 0.2) is 5.16 Å². The third-order valence-electron chi connectivity index (χ3n) is 2.09. The van der Waals surface area contributed by atoms with Crippen molar-refractivity contribution >= 4 is 17.5 Å². The molecule has 0 N–H and O–H groups in total. The van der Waals surface area contributed by atoms with Gasteiger partial charge in [0.15, 0.2) is 5.71 Å². The molecule has 0 saturated heterocycles. The molecule has 0 aromatic carbocycles. The Morgan fingerprint density at radius 3 is 2.87 bits per heavy atom. The summed E-state index contributed by atoms with van der Waals surface area (Å²) in [4.78, 5) is 27.3. The molecular weight excluding hydrogens is 198 g/mol. The summed E-state index contributed by atoms with van der Waals surface area (Å²) in [6.07, 6.45) is 0.860. The normalized spacial score (nSPS) is 19.3. The summed E-state index contributed by atoms with van der Waals surface area (Å²) in [5.74, 6) is -0.343. The second-order valence-corrected chi connectivity index (χ2v) is 3.29. The number of ketones is 1. The van der Waals surface area contributed by atoms with Crippen LogP contribution in [0.1, 0.15) is 33.1 Å². The van der Waals surface area contributed by atoms with Crippen molar-refractivity contribution in [2.24, 2.45) is 5.16 Å². The maximum Gasteiger partial charge on any atom is 0.356 e. The Hall–Kier alpha value is -1.39. The summed E-state index contributed by atoms with van der Waals surface area (Å²) in [6.45, 7) is 3.84. The Balaban J connectivity index is 2.37. The first-order valence-electron chi connectivity index (χ1n) is 5.08. The highest BCUT2D eigenvalue weighted by Gasteiger charge is 2.28. The van der Waals surface area contributed by atoms with Gasteiger partial charge in [-0.05, 0) is 6.92 Å². The molecule has 5 heteroatoms. The third-order valence-corrected chi connectivity index (χ3v) is 2.09. The molecule has 0 spiro atoms. The monoisotopic (exact) mass is 213 g/mol. The zero-order valence-corrected chi connectivity index (χ0v) is 8.99. The average Bonchev–Trinajstić information content (AvgIpc) is 2.66. The molecule has 1 rings (SSSR count). The van der Waals surface area contributed by atoms with Gasteiger partial charge in [0.25, 0.3) is 0 Å². The predicted octanol–water partition coefficient (Wildman–Crippen LogP) is 1.06. The Morgan fingerprint density at radius 2 is 2.27 bits per heavy atom. The Labute approximate surface area is 88.4 Å². The van der Waals surface area contributed by atoms with E-state index in [-0.39, 0.29) is 17.6 Å². The number of hydrogen-bond acceptors (Lipinski definition) is 5. The molecule has 1 aliphatic rings. The van der Waals surface area contributed by atoms with Crippen LogP contribution in [0.4, 0.5) is 0 Å². The predicted molar refractivity (Wildman–Crippen MR) is 53.5 cm³/mol. The molecule has 0 amide bonds. The lowest BCUT2D eigenvalue weighted by Crippen LogP contribution is -2.19. The van der Waals surface area contributed by atoms with Crippen LogP contribution in [0, 0.1) is 0 Å². The van der Waals surface area contributed by atoms with Gasteiger partial charge >= 0.3 is 5.97 Å². The lowest BCUT2D eigenvalue weighted by molar-refractivity contribution is -0.135. The van der Waals surface area contributed by atoms with Crippen LogP contribution >= 0.6 is 0 Å². The lowest BCUT2D eigenvalue weighted by atomic mass is 10.1. The van der Waals surface area contributed by atoms with E-state index >= 15 is 0 Å². The van der Waals surface area contributed by atoms with E-state index in [0.29, 0.717) is 25.9 Å². The summed E-state index contributed by atoms with van der Waals surface area (Å²) in [7, 11) is 0. The van der Waals surface area contributed by atoms with Crippen LogP contribution in [0.25, 0.3) is 0 Å². The number of Topliss-reactive ketones (excluding diaryl/α,β-unsaturated/α-hetero) is 1. The maximum absolute atomic E-state index is 11.2. The highest BCUT2D eigenvalue weighted by Crippen LogP contribution is 2.15. The molecule has 1 heterocycles. The zero-order valence-electron chi connectivity index (χ0n) is 8.99. The third kappa shape index (κ3) is 3.34. The van der Waals surface area contributed by atoms with E-state index in [1.165, 1.54) is 0 Å². The number of carbonyl (C=O) groups excluding carboxylic acids is 2. The van der Waals surface area contributed by atoms with E-state index in [0.717, 1.165) is 0 Å². The molecule has 1 atom stereocenters. The molecule has 0 fully saturated rings. The minimum Gasteiger partial charge on any atom is -0.461 e. The second-order valence-electron chi connectivity index (χ2n) is 3.29. The van der Waals surface area contributed by atoms with Gasteiger partial charge in [0.1, 0.15) is 11.9 Å². The van der Waals surface area contributed by atoms with E-state index < -0.39 is 5.97 Å². The van der Waals surface area contributed by atoms with Gasteiger partial charge in [0.05, 0.1) is 6.61 Å². The minimum absolute atomic E-state index is 0.111. The first-order chi connectivity index (χ1) is 7.17. The van der Waals surface area contributed by atoms with Crippen LogP contribution in [0.5, 0.6) is 0 Å². The number of nitrogens with zero attached hydrogens (tertiary/aromatic N) is 1. The molecule has 0 aromatic rings. The minimum atomic E-state index is -0.455. The Morgan fingerprint density at radius 1 is 1.53 bits per heavy atom. The molecule has 1 unspecified atom stereocenters. The molecule has 0 saturated carbocycles. The van der Waals surface area contributed by atoms with E-state index in [2.05, 4.69) is 5.16 Å². The maximum atomic E-state index is 11.2. The van der Waals surface area contributed by atoms with Crippen molar-refractivity contribution in [3.63, 3.8) is 0 Å². The fourth-order valence-corrected chi connectivity index (χ4v) is 1.27. The highest BCUT2D eigenvalue weighted by molar-refractivity contribution is 6.36. The van der Waals surface area contributed by atoms with Crippen molar-refractivity contribution in [3.05, 3.63) is 0 Å². The van der Waals surface area contributed by atoms with Crippen LogP contribution < -0.4 is 0 Å². The van der Waals surface area contributed by atoms with Crippen LogP contribution in [-0.4, -0.2) is 30.2 Å². The van der Waals surface area contributed by atoms with Crippen LogP contribution in [0.3, 0.4) is 0 Å². The SMILES string of the molecule is CCOC(=O)C1=NOC(CC(=O)CC)C1. The van der Waals surface area contributed by atoms with Gasteiger partial charge in [-0.3, -0.25) is 4.79 Å². The first-order valence-corrected chi connectivity index (χ1v) is 5.08. The smallest absolute Gasteiger partial charge is 0.356 e. The summed E-state index contributed by atoms with van der Waals surface area (Å²) in [6, 6.07) is 0. The Bertz CT molecular complexity index is 285. The van der Waals surface area contributed by atoms with Gasteiger partial charge < -0.3 is 9.57 Å². The van der Waals surface area contributed by atoms with E-state index in [1.807, 2.05) is 0 Å². The second kappa shape index (κ2) is 5.48. The number of hydrogen-bond donors (Lipinski definition) is 0. The standard InChI is InChI=1S/C10H15NO4/c1-3-7(12)5-8-6-9(11-15-8)10(13)14-4-2/h8H,3-6H2,1-2H3. The van der Waals surface area contributed by atoms with E-state index in [9.17, 15) is 9.59 Å². The topological polar surface area (TPSA) is 65.0 Å². The largest absolute Gasteiger partial charge is 0.461 e. The van der Waals surface area contributed by atoms with Gasteiger partial charge in [-0.25, -0.2) is 4.79 Å². The van der Waals surface area contributed by atoms with Crippen molar-refractivity contribution in [2.75, 3.05) is 6.61 Å². The van der Waals surface area contributed by atoms with Crippen molar-refractivity contribution in [1.82, 2.24) is 0 Å². The number of rotatable bonds is 5. The van der Waals surface area contributed by atoms with E-state index in [4.69, 9.17) is 9.57 Å². The van der Waals surface area contributed by atoms with Gasteiger partial charge in [-0.2, -0.15) is 0 Å². The fraction of sp³-hybridized carbons (Fsp3) is 0.700. The number of oxime groups is 1. The highest BCUT2D eigenvalue weighted by atomic mass is 16.6. The molecule has 84 valence electrons. The number of ether oxygens (including phenoxy) is 1. The van der Waals surface area contributed by atoms with Crippen LogP contribution in [-0.2, 0) is 19.2 Å². The molecule has 0 aromatic heterocycles. The molecule has 5 nitrogen and oxygen atoms in total. The molecule has 0 radical (unpaired) electrons. The summed E-state index contributed by atoms with van der Waals surface area (Å²) >= 11 is 0. The molecule has 0 bridgehead atoms. The average molecular weight is 213 g/mol. The quantitative estimate of drug-likeness (QED) is 0.640. The lowest BCUT2D eigenvalue weighted by Gasteiger charge is -2.04. The molecular formula is C10H15NO4. The summed E-state index contributed by atoms with van der Waals surface area (Å²) < 4.78 is 4.77. The van der Waals surface area contributed by atoms with Gasteiger partial charge in [0, 0.05) is 19.3 Å². The first kappa shape index (κ1) is 11.7. The summed E-state index contributed by atoms with van der Waals surface area (Å²) in [5.41, 5.74) is 0.269. The van der Waals surface area contributed by atoms with Gasteiger partial charge in [0.2, 0.25) is 0 Å². The van der Waals surface area contributed by atoms with Crippen molar-refractivity contribution < 1.29 is 19.2 Å². The molecule has 1 aliphatic heterocycles. The molecule has 15 heavy (non-hydrogen) atoms. The van der Waals surface area contributed by atoms with Crippen molar-refractivity contribution in [1.29, 1.82) is 0 Å². The van der Waals surface area contributed by atoms with Crippen molar-refractivity contribution in [3.8, 4) is 0 Å². The number of esters is 1. The van der Waals surface area contributed by atoms with Gasteiger partial charge in [-0.1, -0.05) is 12.1 Å².